The predicted octanol–water partition coefficient (Wildman–Crippen LogP) is 0.395. The third kappa shape index (κ3) is 7.79. The SMILES string of the molecule is CC(C)CC(NC(=O)C(N)CCC(N)=O)C(=O)N1CCCC1C(=O)NC(Cc1c[nH]c2ccccc12)C(=O)O. The van der Waals surface area contributed by atoms with Gasteiger partial charge in [0.1, 0.15) is 18.1 Å². The number of carbonyl (C=O) groups is 5. The third-order valence-corrected chi connectivity index (χ3v) is 6.91. The predicted molar refractivity (Wildman–Crippen MR) is 144 cm³/mol. The van der Waals surface area contributed by atoms with E-state index in [-0.39, 0.29) is 25.2 Å². The summed E-state index contributed by atoms with van der Waals surface area (Å²) in [4.78, 5) is 67.0. The second-order valence-electron chi connectivity index (χ2n) is 10.5. The third-order valence-electron chi connectivity index (χ3n) is 6.91. The highest BCUT2D eigenvalue weighted by molar-refractivity contribution is 5.95. The van der Waals surface area contributed by atoms with Crippen molar-refractivity contribution in [3.63, 3.8) is 0 Å². The van der Waals surface area contributed by atoms with Gasteiger partial charge in [0.25, 0.3) is 0 Å². The Morgan fingerprint density at radius 1 is 1.13 bits per heavy atom. The fraction of sp³-hybridized carbons (Fsp3) is 0.519. The van der Waals surface area contributed by atoms with Crippen LogP contribution in [0.3, 0.4) is 0 Å². The molecular weight excluding hydrogens is 504 g/mol. The lowest BCUT2D eigenvalue weighted by Crippen LogP contribution is -2.57. The molecule has 0 spiro atoms. The molecule has 3 rings (SSSR count). The van der Waals surface area contributed by atoms with Gasteiger partial charge in [-0.15, -0.1) is 0 Å². The van der Waals surface area contributed by atoms with Crippen LogP contribution < -0.4 is 22.1 Å². The van der Waals surface area contributed by atoms with E-state index in [1.54, 1.807) is 6.20 Å². The van der Waals surface area contributed by atoms with Crippen LogP contribution in [0.5, 0.6) is 0 Å². The van der Waals surface area contributed by atoms with Gasteiger partial charge in [-0.25, -0.2) is 4.79 Å². The molecular formula is C27H38N6O6. The molecule has 12 nitrogen and oxygen atoms in total. The maximum Gasteiger partial charge on any atom is 0.326 e. The monoisotopic (exact) mass is 542 g/mol. The minimum Gasteiger partial charge on any atom is -0.480 e. The van der Waals surface area contributed by atoms with Crippen LogP contribution in [0.4, 0.5) is 0 Å². The molecule has 12 heteroatoms. The van der Waals surface area contributed by atoms with Gasteiger partial charge in [0, 0.05) is 36.5 Å². The highest BCUT2D eigenvalue weighted by Crippen LogP contribution is 2.22. The van der Waals surface area contributed by atoms with Crippen molar-refractivity contribution in [1.82, 2.24) is 20.5 Å². The van der Waals surface area contributed by atoms with Gasteiger partial charge in [0.15, 0.2) is 0 Å². The molecule has 8 N–H and O–H groups in total. The zero-order valence-electron chi connectivity index (χ0n) is 22.3. The van der Waals surface area contributed by atoms with E-state index in [0.29, 0.717) is 25.8 Å². The van der Waals surface area contributed by atoms with Crippen molar-refractivity contribution in [3.8, 4) is 0 Å². The Kier molecular flexibility index (Phi) is 10.0. The summed E-state index contributed by atoms with van der Waals surface area (Å²) in [5.41, 5.74) is 12.6. The van der Waals surface area contributed by atoms with Gasteiger partial charge in [0.05, 0.1) is 6.04 Å². The van der Waals surface area contributed by atoms with Crippen molar-refractivity contribution in [2.24, 2.45) is 17.4 Å². The molecule has 39 heavy (non-hydrogen) atoms. The molecule has 0 aliphatic carbocycles. The van der Waals surface area contributed by atoms with E-state index in [1.807, 2.05) is 38.1 Å². The lowest BCUT2D eigenvalue weighted by molar-refractivity contribution is -0.145. The molecule has 4 atom stereocenters. The number of carboxylic acid groups (broad SMARTS) is 1. The Hall–Kier alpha value is -3.93. The molecule has 0 saturated carbocycles. The molecule has 1 aliphatic heterocycles. The highest BCUT2D eigenvalue weighted by atomic mass is 16.4. The van der Waals surface area contributed by atoms with E-state index >= 15 is 0 Å². The first-order valence-corrected chi connectivity index (χ1v) is 13.2. The zero-order chi connectivity index (χ0) is 28.7. The number of aromatic nitrogens is 1. The molecule has 1 aliphatic rings. The maximum atomic E-state index is 13.5. The highest BCUT2D eigenvalue weighted by Gasteiger charge is 2.39. The van der Waals surface area contributed by atoms with Crippen LogP contribution >= 0.6 is 0 Å². The average molecular weight is 543 g/mol. The van der Waals surface area contributed by atoms with Crippen molar-refractivity contribution in [3.05, 3.63) is 36.0 Å². The number of nitrogens with one attached hydrogen (secondary N) is 3. The van der Waals surface area contributed by atoms with Crippen LogP contribution in [0.25, 0.3) is 10.9 Å². The normalized spacial score (nSPS) is 17.5. The first-order chi connectivity index (χ1) is 18.5. The van der Waals surface area contributed by atoms with Crippen LogP contribution in [0, 0.1) is 5.92 Å². The van der Waals surface area contributed by atoms with Gasteiger partial charge in [-0.1, -0.05) is 32.0 Å². The van der Waals surface area contributed by atoms with Crippen molar-refractivity contribution < 1.29 is 29.1 Å². The van der Waals surface area contributed by atoms with Crippen molar-refractivity contribution in [1.29, 1.82) is 0 Å². The molecule has 4 unspecified atom stereocenters. The van der Waals surface area contributed by atoms with Crippen LogP contribution in [0.1, 0.15) is 51.5 Å². The number of hydrogen-bond donors (Lipinski definition) is 6. The van der Waals surface area contributed by atoms with Crippen molar-refractivity contribution in [2.45, 2.75) is 76.5 Å². The standard InChI is InChI=1S/C27H38N6O6/c1-15(2)12-20(31-24(35)18(28)9-10-23(29)34)26(37)33-11-5-8-22(33)25(36)32-21(27(38)39)13-16-14-30-19-7-4-3-6-17(16)19/h3-4,6-7,14-15,18,20-22,30H,5,8-13,28H2,1-2H3,(H2,29,34)(H,31,35)(H,32,36)(H,38,39). The molecule has 4 amide bonds. The lowest BCUT2D eigenvalue weighted by atomic mass is 10.0. The number of rotatable bonds is 13. The number of amides is 4. The van der Waals surface area contributed by atoms with Gasteiger partial charge >= 0.3 is 5.97 Å². The van der Waals surface area contributed by atoms with Gasteiger partial charge < -0.3 is 37.1 Å². The van der Waals surface area contributed by atoms with Crippen LogP contribution in [0.2, 0.25) is 0 Å². The first kappa shape index (κ1) is 29.6. The summed E-state index contributed by atoms with van der Waals surface area (Å²) >= 11 is 0. The Morgan fingerprint density at radius 3 is 2.51 bits per heavy atom. The second-order valence-corrected chi connectivity index (χ2v) is 10.5. The summed E-state index contributed by atoms with van der Waals surface area (Å²) in [5.74, 6) is -3.28. The first-order valence-electron chi connectivity index (χ1n) is 13.2. The Morgan fingerprint density at radius 2 is 1.85 bits per heavy atom. The Bertz CT molecular complexity index is 1210. The summed E-state index contributed by atoms with van der Waals surface area (Å²) in [6, 6.07) is 3.49. The molecule has 2 heterocycles. The molecule has 0 radical (unpaired) electrons. The number of fused-ring (bicyclic) bond motifs is 1. The molecule has 2 aromatic rings. The number of hydrogen-bond acceptors (Lipinski definition) is 6. The summed E-state index contributed by atoms with van der Waals surface area (Å²) in [7, 11) is 0. The summed E-state index contributed by atoms with van der Waals surface area (Å²) in [6.45, 7) is 4.10. The average Bonchev–Trinajstić information content (AvgIpc) is 3.53. The Labute approximate surface area is 226 Å². The minimum absolute atomic E-state index is 0.0449. The van der Waals surface area contributed by atoms with Gasteiger partial charge in [-0.2, -0.15) is 0 Å². The molecule has 1 fully saturated rings. The number of carboxylic acids is 1. The number of aliphatic carboxylic acids is 1. The molecule has 1 saturated heterocycles. The number of H-pyrrole nitrogens is 1. The number of likely N-dealkylation sites (tertiary alicyclic amines) is 1. The van der Waals surface area contributed by atoms with Crippen LogP contribution in [-0.4, -0.2) is 75.3 Å². The Balaban J connectivity index is 1.70. The molecule has 1 aromatic carbocycles. The van der Waals surface area contributed by atoms with E-state index in [9.17, 15) is 29.1 Å². The number of para-hydroxylation sites is 1. The van der Waals surface area contributed by atoms with E-state index < -0.39 is 53.8 Å². The minimum atomic E-state index is -1.19. The number of carbonyl (C=O) groups excluding carboxylic acids is 4. The van der Waals surface area contributed by atoms with E-state index in [2.05, 4.69) is 15.6 Å². The fourth-order valence-corrected chi connectivity index (χ4v) is 4.89. The number of primary amides is 1. The van der Waals surface area contributed by atoms with Gasteiger partial charge in [-0.3, -0.25) is 19.2 Å². The smallest absolute Gasteiger partial charge is 0.326 e. The lowest BCUT2D eigenvalue weighted by Gasteiger charge is -2.30. The van der Waals surface area contributed by atoms with Gasteiger partial charge in [-0.05, 0) is 43.2 Å². The van der Waals surface area contributed by atoms with Crippen molar-refractivity contribution in [2.75, 3.05) is 6.54 Å². The van der Waals surface area contributed by atoms with Crippen molar-refractivity contribution >= 4 is 40.5 Å². The summed E-state index contributed by atoms with van der Waals surface area (Å²) in [6.07, 6.45) is 3.03. The molecule has 212 valence electrons. The van der Waals surface area contributed by atoms with E-state index in [0.717, 1.165) is 16.5 Å². The largest absolute Gasteiger partial charge is 0.480 e. The quantitative estimate of drug-likeness (QED) is 0.210. The number of nitrogens with zero attached hydrogens (tertiary/aromatic N) is 1. The number of aromatic amines is 1. The second kappa shape index (κ2) is 13.2. The van der Waals surface area contributed by atoms with Crippen LogP contribution in [0.15, 0.2) is 30.5 Å². The van der Waals surface area contributed by atoms with Gasteiger partial charge in [0.2, 0.25) is 23.6 Å². The molecule has 1 aromatic heterocycles. The maximum absolute atomic E-state index is 13.5. The topological polar surface area (TPSA) is 201 Å². The summed E-state index contributed by atoms with van der Waals surface area (Å²) in [5, 5.41) is 16.0. The zero-order valence-corrected chi connectivity index (χ0v) is 22.3. The summed E-state index contributed by atoms with van der Waals surface area (Å²) < 4.78 is 0. The molecule has 0 bridgehead atoms. The van der Waals surface area contributed by atoms with E-state index in [1.165, 1.54) is 4.90 Å². The number of nitrogens with two attached hydrogens (primary N) is 2. The van der Waals surface area contributed by atoms with E-state index in [4.69, 9.17) is 11.5 Å². The fourth-order valence-electron chi connectivity index (χ4n) is 4.89. The number of benzene rings is 1. The van der Waals surface area contributed by atoms with Crippen LogP contribution in [-0.2, 0) is 30.4 Å².